The van der Waals surface area contributed by atoms with Crippen molar-refractivity contribution in [2.45, 2.75) is 24.9 Å². The molecule has 0 amide bonds. The van der Waals surface area contributed by atoms with Crippen LogP contribution >= 0.6 is 19.0 Å². The maximum atomic E-state index is 13.0. The van der Waals surface area contributed by atoms with E-state index in [1.165, 1.54) is 0 Å². The van der Waals surface area contributed by atoms with Gasteiger partial charge >= 0.3 is 0 Å². The minimum atomic E-state index is -3.10. The summed E-state index contributed by atoms with van der Waals surface area (Å²) in [7, 11) is -3.10. The average Bonchev–Trinajstić information content (AvgIpc) is 3.11. The van der Waals surface area contributed by atoms with Crippen LogP contribution in [0.25, 0.3) is 0 Å². The van der Waals surface area contributed by atoms with Crippen LogP contribution in [0.1, 0.15) is 19.8 Å². The van der Waals surface area contributed by atoms with Gasteiger partial charge in [-0.05, 0) is 44.0 Å². The van der Waals surface area contributed by atoms with Gasteiger partial charge in [0.15, 0.2) is 0 Å². The summed E-state index contributed by atoms with van der Waals surface area (Å²) in [5, 5.41) is 9.57. The van der Waals surface area contributed by atoms with Crippen molar-refractivity contribution in [1.29, 1.82) is 5.26 Å². The van der Waals surface area contributed by atoms with E-state index in [2.05, 4.69) is 6.07 Å². The van der Waals surface area contributed by atoms with E-state index in [0.29, 0.717) is 29.8 Å². The van der Waals surface area contributed by atoms with Crippen LogP contribution in [-0.4, -0.2) is 11.8 Å². The molecule has 0 spiro atoms. The molecule has 0 N–H and O–H groups in total. The van der Waals surface area contributed by atoms with Gasteiger partial charge in [-0.1, -0.05) is 11.6 Å². The van der Waals surface area contributed by atoms with Crippen LogP contribution in [-0.2, 0) is 9.09 Å². The third-order valence-corrected chi connectivity index (χ3v) is 6.50. The van der Waals surface area contributed by atoms with E-state index in [1.54, 1.807) is 31.2 Å². The van der Waals surface area contributed by atoms with E-state index >= 15 is 0 Å². The van der Waals surface area contributed by atoms with Crippen molar-refractivity contribution in [3.05, 3.63) is 29.3 Å². The first-order chi connectivity index (χ1) is 8.08. The van der Waals surface area contributed by atoms with Crippen LogP contribution in [0, 0.1) is 11.3 Å². The zero-order chi connectivity index (χ0) is 12.5. The van der Waals surface area contributed by atoms with Crippen molar-refractivity contribution in [2.24, 2.45) is 0 Å². The topological polar surface area (TPSA) is 50.1 Å². The molecule has 1 saturated carbocycles. The number of nitriles is 1. The van der Waals surface area contributed by atoms with Crippen molar-refractivity contribution in [3.63, 3.8) is 0 Å². The molecule has 1 aliphatic rings. The summed E-state index contributed by atoms with van der Waals surface area (Å²) >= 11 is 5.81. The van der Waals surface area contributed by atoms with Gasteiger partial charge in [-0.25, -0.2) is 0 Å². The lowest BCUT2D eigenvalue weighted by molar-refractivity contribution is 0.335. The fourth-order valence-corrected chi connectivity index (χ4v) is 4.61. The maximum absolute atomic E-state index is 13.0. The first-order valence-electron chi connectivity index (χ1n) is 5.50. The van der Waals surface area contributed by atoms with Crippen molar-refractivity contribution < 1.29 is 9.09 Å². The Morgan fingerprint density at radius 2 is 2.06 bits per heavy atom. The minimum absolute atomic E-state index is 0.337. The Hall–Kier alpha value is -0.810. The number of hydrogen-bond acceptors (Lipinski definition) is 3. The quantitative estimate of drug-likeness (QED) is 0.788. The molecule has 2 rings (SSSR count). The average molecular weight is 270 g/mol. The molecule has 3 nitrogen and oxygen atoms in total. The van der Waals surface area contributed by atoms with E-state index in [4.69, 9.17) is 16.1 Å². The zero-order valence-corrected chi connectivity index (χ0v) is 11.2. The molecule has 5 heteroatoms. The molecule has 0 saturated heterocycles. The van der Waals surface area contributed by atoms with Gasteiger partial charge in [0.2, 0.25) is 0 Å². The third kappa shape index (κ3) is 2.02. The third-order valence-electron chi connectivity index (χ3n) is 2.97. The highest BCUT2D eigenvalue weighted by atomic mass is 35.5. The van der Waals surface area contributed by atoms with E-state index in [1.807, 2.05) is 0 Å². The predicted octanol–water partition coefficient (Wildman–Crippen LogP) is 3.34. The molecule has 0 bridgehead atoms. The molecule has 0 radical (unpaired) electrons. The number of rotatable bonds is 4. The molecular formula is C12H13ClNO2P. The standard InChI is InChI=1S/C12H13ClNO2P/c1-2-16-17(15,12(9-14)7-8-12)11-5-3-10(13)4-6-11/h3-6H,2,7-8H2,1H3. The molecule has 1 fully saturated rings. The number of nitrogens with zero attached hydrogens (tertiary/aromatic N) is 1. The van der Waals surface area contributed by atoms with Crippen LogP contribution in [0.5, 0.6) is 0 Å². The normalized spacial score (nSPS) is 20.3. The summed E-state index contributed by atoms with van der Waals surface area (Å²) in [5.41, 5.74) is 0. The Bertz CT molecular complexity index is 502. The second-order valence-corrected chi connectivity index (χ2v) is 7.26. The second kappa shape index (κ2) is 4.46. The van der Waals surface area contributed by atoms with Gasteiger partial charge in [0.25, 0.3) is 7.37 Å². The van der Waals surface area contributed by atoms with Crippen molar-refractivity contribution in [1.82, 2.24) is 0 Å². The highest BCUT2D eigenvalue weighted by molar-refractivity contribution is 7.69. The Labute approximate surface area is 106 Å². The Morgan fingerprint density at radius 3 is 2.47 bits per heavy atom. The lowest BCUT2D eigenvalue weighted by Crippen LogP contribution is -2.19. The van der Waals surface area contributed by atoms with Crippen LogP contribution in [0.2, 0.25) is 5.02 Å². The summed E-state index contributed by atoms with van der Waals surface area (Å²) in [5.74, 6) is 0. The fraction of sp³-hybridized carbons (Fsp3) is 0.417. The summed E-state index contributed by atoms with van der Waals surface area (Å²) in [4.78, 5) is 0. The molecular weight excluding hydrogens is 257 g/mol. The second-order valence-electron chi connectivity index (χ2n) is 4.09. The summed E-state index contributed by atoms with van der Waals surface area (Å²) < 4.78 is 18.4. The molecule has 0 heterocycles. The lowest BCUT2D eigenvalue weighted by Gasteiger charge is -2.22. The van der Waals surface area contributed by atoms with Crippen LogP contribution in [0.4, 0.5) is 0 Å². The highest BCUT2D eigenvalue weighted by Gasteiger charge is 2.60. The van der Waals surface area contributed by atoms with Gasteiger partial charge in [-0.15, -0.1) is 0 Å². The van der Waals surface area contributed by atoms with Gasteiger partial charge in [-0.3, -0.25) is 4.57 Å². The molecule has 17 heavy (non-hydrogen) atoms. The van der Waals surface area contributed by atoms with Crippen LogP contribution in [0.15, 0.2) is 24.3 Å². The molecule has 1 unspecified atom stereocenters. The largest absolute Gasteiger partial charge is 0.324 e. The number of benzene rings is 1. The van der Waals surface area contributed by atoms with Gasteiger partial charge in [0, 0.05) is 10.3 Å². The number of hydrogen-bond donors (Lipinski definition) is 0. The van der Waals surface area contributed by atoms with Gasteiger partial charge in [-0.2, -0.15) is 5.26 Å². The van der Waals surface area contributed by atoms with Gasteiger partial charge in [0.1, 0.15) is 5.16 Å². The molecule has 90 valence electrons. The molecule has 1 aliphatic carbocycles. The fourth-order valence-electron chi connectivity index (χ4n) is 1.85. The molecule has 0 aromatic heterocycles. The smallest absolute Gasteiger partial charge is 0.251 e. The maximum Gasteiger partial charge on any atom is 0.251 e. The van der Waals surface area contributed by atoms with Crippen molar-refractivity contribution in [3.8, 4) is 6.07 Å². The first kappa shape index (κ1) is 12.6. The molecule has 0 aliphatic heterocycles. The minimum Gasteiger partial charge on any atom is -0.324 e. The molecule has 1 aromatic rings. The Kier molecular flexibility index (Phi) is 3.32. The van der Waals surface area contributed by atoms with E-state index in [-0.39, 0.29) is 0 Å². The summed E-state index contributed by atoms with van der Waals surface area (Å²) in [6.07, 6.45) is 1.28. The highest BCUT2D eigenvalue weighted by Crippen LogP contribution is 2.69. The number of halogens is 1. The Balaban J connectivity index is 2.46. The zero-order valence-electron chi connectivity index (χ0n) is 9.52. The van der Waals surface area contributed by atoms with Crippen LogP contribution in [0.3, 0.4) is 0 Å². The van der Waals surface area contributed by atoms with E-state index in [0.717, 1.165) is 0 Å². The van der Waals surface area contributed by atoms with Crippen molar-refractivity contribution >= 4 is 24.3 Å². The van der Waals surface area contributed by atoms with Gasteiger partial charge in [0.05, 0.1) is 12.7 Å². The molecule has 1 atom stereocenters. The molecule has 1 aromatic carbocycles. The van der Waals surface area contributed by atoms with Gasteiger partial charge < -0.3 is 4.52 Å². The monoisotopic (exact) mass is 269 g/mol. The SMILES string of the molecule is CCOP(=O)(c1ccc(Cl)cc1)C1(C#N)CC1. The van der Waals surface area contributed by atoms with Crippen molar-refractivity contribution in [2.75, 3.05) is 6.61 Å². The summed E-state index contributed by atoms with van der Waals surface area (Å²) in [6.45, 7) is 2.12. The van der Waals surface area contributed by atoms with E-state index < -0.39 is 12.5 Å². The summed E-state index contributed by atoms with van der Waals surface area (Å²) in [6, 6.07) is 8.90. The van der Waals surface area contributed by atoms with E-state index in [9.17, 15) is 9.83 Å². The van der Waals surface area contributed by atoms with Crippen LogP contribution < -0.4 is 5.30 Å². The lowest BCUT2D eigenvalue weighted by atomic mass is 10.4. The Morgan fingerprint density at radius 1 is 1.47 bits per heavy atom. The first-order valence-corrected chi connectivity index (χ1v) is 7.50. The predicted molar refractivity (Wildman–Crippen MR) is 67.9 cm³/mol.